The molecule has 1 saturated carbocycles. The van der Waals surface area contributed by atoms with Crippen molar-refractivity contribution in [3.63, 3.8) is 0 Å². The van der Waals surface area contributed by atoms with Crippen molar-refractivity contribution >= 4 is 42.6 Å². The van der Waals surface area contributed by atoms with Crippen molar-refractivity contribution in [1.29, 1.82) is 0 Å². The number of aliphatic hydroxyl groups is 1. The van der Waals surface area contributed by atoms with E-state index in [2.05, 4.69) is 15.3 Å². The van der Waals surface area contributed by atoms with E-state index in [1.807, 2.05) is 6.08 Å². The van der Waals surface area contributed by atoms with E-state index in [9.17, 15) is 13.2 Å². The number of carbonyl (C=O) groups excluding carboxylic acids is 1. The fraction of sp³-hybridized carbons (Fsp3) is 0.500. The second kappa shape index (κ2) is 10.1. The fourth-order valence-corrected chi connectivity index (χ4v) is 7.53. The Morgan fingerprint density at radius 2 is 2.13 bits per heavy atom. The van der Waals surface area contributed by atoms with Gasteiger partial charge in [0.2, 0.25) is 11.8 Å². The van der Waals surface area contributed by atoms with Gasteiger partial charge in [-0.15, -0.1) is 0 Å². The summed E-state index contributed by atoms with van der Waals surface area (Å²) in [4.78, 5) is 23.3. The number of fused-ring (bicyclic) bond motifs is 1. The first-order valence-electron chi connectivity index (χ1n) is 12.8. The molecule has 2 aromatic heterocycles. The van der Waals surface area contributed by atoms with Crippen LogP contribution in [-0.2, 0) is 24.1 Å². The molecule has 2 unspecified atom stereocenters. The van der Waals surface area contributed by atoms with Crippen LogP contribution in [0, 0.1) is 5.41 Å². The van der Waals surface area contributed by atoms with Crippen molar-refractivity contribution in [3.8, 4) is 5.88 Å². The predicted molar refractivity (Wildman–Crippen MR) is 142 cm³/mol. The highest BCUT2D eigenvalue weighted by molar-refractivity contribution is 7.93. The Balaban J connectivity index is 1.20. The number of hydrogen-bond donors (Lipinski definition) is 2. The summed E-state index contributed by atoms with van der Waals surface area (Å²) in [5.74, 6) is 0.656. The third kappa shape index (κ3) is 4.86. The normalized spacial score (nSPS) is 26.7. The number of hydrogen-bond acceptors (Lipinski definition) is 10. The summed E-state index contributed by atoms with van der Waals surface area (Å²) >= 11 is 1.23. The lowest BCUT2D eigenvalue weighted by molar-refractivity contribution is -0.120. The topological polar surface area (TPSA) is 137 Å². The molecule has 2 aromatic rings. The summed E-state index contributed by atoms with van der Waals surface area (Å²) in [6.07, 6.45) is 10.0. The van der Waals surface area contributed by atoms with Gasteiger partial charge in [0.05, 0.1) is 30.3 Å². The van der Waals surface area contributed by atoms with Crippen LogP contribution in [0.2, 0.25) is 0 Å². The standard InChI is InChI=1S/C26H29N3O7S2/c30-11-1-12-35-22-9-8-20-23(28-22)37-25(27-20)29-24(31)26(14-21(26)36-17-10-13-34-15-17)16-2-4-18(5-3-16)38(32,33)19-6-7-19/h2-4,8-9,14,17-19,30H,1,5-7,10-13,15H2,(H,27,29,31)/t17-,18?,26?/m1/s1. The summed E-state index contributed by atoms with van der Waals surface area (Å²) in [6, 6.07) is 3.48. The lowest BCUT2D eigenvalue weighted by Gasteiger charge is -2.24. The Kier molecular flexibility index (Phi) is 6.75. The van der Waals surface area contributed by atoms with Gasteiger partial charge in [-0.3, -0.25) is 4.79 Å². The van der Waals surface area contributed by atoms with Crippen LogP contribution in [-0.4, -0.2) is 72.4 Å². The first kappa shape index (κ1) is 25.5. The maximum atomic E-state index is 13.7. The van der Waals surface area contributed by atoms with Crippen LogP contribution >= 0.6 is 11.3 Å². The predicted octanol–water partition coefficient (Wildman–Crippen LogP) is 2.91. The Bertz CT molecular complexity index is 1440. The van der Waals surface area contributed by atoms with Crippen LogP contribution in [0.1, 0.15) is 32.1 Å². The smallest absolute Gasteiger partial charge is 0.248 e. The highest BCUT2D eigenvalue weighted by Crippen LogP contribution is 2.54. The number of ether oxygens (including phenoxy) is 3. The number of nitrogens with zero attached hydrogens (tertiary/aromatic N) is 2. The molecule has 10 nitrogen and oxygen atoms in total. The number of pyridine rings is 1. The van der Waals surface area contributed by atoms with Gasteiger partial charge in [-0.2, -0.15) is 0 Å². The van der Waals surface area contributed by atoms with Crippen molar-refractivity contribution < 1.29 is 32.5 Å². The van der Waals surface area contributed by atoms with Gasteiger partial charge in [0, 0.05) is 25.5 Å². The maximum absolute atomic E-state index is 13.7. The van der Waals surface area contributed by atoms with Gasteiger partial charge in [-0.1, -0.05) is 29.6 Å². The minimum absolute atomic E-state index is 0.0385. The summed E-state index contributed by atoms with van der Waals surface area (Å²) in [7, 11) is -3.20. The Labute approximate surface area is 224 Å². The average molecular weight is 560 g/mol. The lowest BCUT2D eigenvalue weighted by Crippen LogP contribution is -2.32. The molecule has 3 aliphatic carbocycles. The quantitative estimate of drug-likeness (QED) is 0.398. The summed E-state index contributed by atoms with van der Waals surface area (Å²) in [5, 5.41) is 11.5. The fourth-order valence-electron chi connectivity index (χ4n) is 4.76. The summed E-state index contributed by atoms with van der Waals surface area (Å²) < 4.78 is 42.6. The molecule has 0 bridgehead atoms. The van der Waals surface area contributed by atoms with Crippen molar-refractivity contribution in [1.82, 2.24) is 9.97 Å². The number of rotatable bonds is 11. The van der Waals surface area contributed by atoms with Crippen LogP contribution in [0.4, 0.5) is 5.13 Å². The van der Waals surface area contributed by atoms with Gasteiger partial charge in [0.1, 0.15) is 22.2 Å². The molecule has 38 heavy (non-hydrogen) atoms. The third-order valence-corrected chi connectivity index (χ3v) is 10.6. The van der Waals surface area contributed by atoms with Gasteiger partial charge < -0.3 is 24.6 Å². The number of thiazole rings is 1. The van der Waals surface area contributed by atoms with Gasteiger partial charge in [-0.25, -0.2) is 18.4 Å². The zero-order valence-electron chi connectivity index (χ0n) is 20.7. The number of nitrogens with one attached hydrogen (secondary N) is 1. The second-order valence-corrected chi connectivity index (χ2v) is 13.3. The Morgan fingerprint density at radius 1 is 1.26 bits per heavy atom. The van der Waals surface area contributed by atoms with Crippen LogP contribution in [0.3, 0.4) is 0 Å². The number of sulfone groups is 1. The molecule has 4 aliphatic rings. The molecule has 3 heterocycles. The molecule has 3 atom stereocenters. The van der Waals surface area contributed by atoms with Crippen molar-refractivity contribution in [2.24, 2.45) is 5.41 Å². The third-order valence-electron chi connectivity index (χ3n) is 7.12. The van der Waals surface area contributed by atoms with Gasteiger partial charge in [-0.05, 0) is 37.0 Å². The van der Waals surface area contributed by atoms with Gasteiger partial charge in [0.25, 0.3) is 0 Å². The van der Waals surface area contributed by atoms with Crippen LogP contribution < -0.4 is 10.1 Å². The zero-order valence-corrected chi connectivity index (χ0v) is 22.3. The molecule has 0 aromatic carbocycles. The molecule has 0 spiro atoms. The van der Waals surface area contributed by atoms with Gasteiger partial charge in [0.15, 0.2) is 20.4 Å². The SMILES string of the molecule is O=C(Nc1nc2ccc(OCCCO)nc2s1)C1(C2=CCC(S(=O)(=O)C3CC3)C=C2)C=C1O[C@@H]1CCOC1. The largest absolute Gasteiger partial charge is 0.491 e. The Hall–Kier alpha value is -2.80. The highest BCUT2D eigenvalue weighted by atomic mass is 32.2. The van der Waals surface area contributed by atoms with Crippen molar-refractivity contribution in [2.45, 2.75) is 48.7 Å². The number of anilines is 1. The summed E-state index contributed by atoms with van der Waals surface area (Å²) in [5.41, 5.74) is 0.212. The molecule has 6 rings (SSSR count). The van der Waals surface area contributed by atoms with Crippen molar-refractivity contribution in [3.05, 3.63) is 47.8 Å². The van der Waals surface area contributed by atoms with Crippen LogP contribution in [0.15, 0.2) is 47.8 Å². The monoisotopic (exact) mass is 559 g/mol. The van der Waals surface area contributed by atoms with E-state index in [0.717, 1.165) is 19.3 Å². The molecule has 0 radical (unpaired) electrons. The summed E-state index contributed by atoms with van der Waals surface area (Å²) in [6.45, 7) is 1.48. The second-order valence-electron chi connectivity index (χ2n) is 9.87. The molecule has 202 valence electrons. The first-order valence-corrected chi connectivity index (χ1v) is 15.2. The molecule has 12 heteroatoms. The number of aromatic nitrogens is 2. The molecule has 1 amide bonds. The molecular formula is C26H29N3O7S2. The van der Waals surface area contributed by atoms with Gasteiger partial charge >= 0.3 is 0 Å². The number of allylic oxidation sites excluding steroid dienone is 2. The molecule has 2 fully saturated rings. The molecular weight excluding hydrogens is 530 g/mol. The van der Waals surface area contributed by atoms with Crippen molar-refractivity contribution in [2.75, 3.05) is 31.7 Å². The zero-order chi connectivity index (χ0) is 26.3. The van der Waals surface area contributed by atoms with E-state index in [4.69, 9.17) is 19.3 Å². The average Bonchev–Trinajstić information content (AvgIpc) is 3.79. The van der Waals surface area contributed by atoms with E-state index in [1.54, 1.807) is 30.4 Å². The molecule has 1 saturated heterocycles. The number of carbonyl (C=O) groups is 1. The Morgan fingerprint density at radius 3 is 2.84 bits per heavy atom. The van der Waals surface area contributed by atoms with Crippen LogP contribution in [0.25, 0.3) is 10.3 Å². The lowest BCUT2D eigenvalue weighted by atomic mass is 9.87. The molecule has 1 aliphatic heterocycles. The van der Waals surface area contributed by atoms with E-state index >= 15 is 0 Å². The van der Waals surface area contributed by atoms with E-state index in [-0.39, 0.29) is 23.9 Å². The molecule has 2 N–H and O–H groups in total. The van der Waals surface area contributed by atoms with E-state index in [0.29, 0.717) is 65.4 Å². The minimum Gasteiger partial charge on any atom is -0.491 e. The maximum Gasteiger partial charge on any atom is 0.248 e. The number of amides is 1. The minimum atomic E-state index is -3.20. The van der Waals surface area contributed by atoms with Crippen LogP contribution in [0.5, 0.6) is 5.88 Å². The van der Waals surface area contributed by atoms with E-state index < -0.39 is 20.5 Å². The first-order chi connectivity index (χ1) is 18.4. The highest BCUT2D eigenvalue weighted by Gasteiger charge is 2.57. The number of aliphatic hydroxyl groups excluding tert-OH is 1. The van der Waals surface area contributed by atoms with E-state index in [1.165, 1.54) is 11.3 Å².